The van der Waals surface area contributed by atoms with Crippen LogP contribution in [0.3, 0.4) is 0 Å². The molecule has 28 heavy (non-hydrogen) atoms. The third kappa shape index (κ3) is 4.67. The number of amides is 1. The van der Waals surface area contributed by atoms with Gasteiger partial charge in [-0.05, 0) is 44.9 Å². The molecule has 0 aliphatic carbocycles. The van der Waals surface area contributed by atoms with Crippen LogP contribution in [0.4, 0.5) is 0 Å². The van der Waals surface area contributed by atoms with E-state index >= 15 is 0 Å². The van der Waals surface area contributed by atoms with Crippen LogP contribution in [-0.4, -0.2) is 67.6 Å². The molecule has 148 valence electrons. The second-order valence-electron chi connectivity index (χ2n) is 6.67. The van der Waals surface area contributed by atoms with Gasteiger partial charge in [-0.1, -0.05) is 6.07 Å². The van der Waals surface area contributed by atoms with Crippen molar-refractivity contribution in [3.8, 4) is 0 Å². The summed E-state index contributed by atoms with van der Waals surface area (Å²) in [4.78, 5) is 14.4. The molecule has 4 rings (SSSR count). The van der Waals surface area contributed by atoms with Crippen molar-refractivity contribution in [1.82, 2.24) is 40.7 Å². The Kier molecular flexibility index (Phi) is 5.83. The van der Waals surface area contributed by atoms with E-state index in [2.05, 4.69) is 40.7 Å². The van der Waals surface area contributed by atoms with E-state index in [9.17, 15) is 4.79 Å². The third-order valence-corrected chi connectivity index (χ3v) is 4.66. The fourth-order valence-electron chi connectivity index (χ4n) is 3.09. The fourth-order valence-corrected chi connectivity index (χ4v) is 3.09. The Hall–Kier alpha value is -2.92. The van der Waals surface area contributed by atoms with Crippen molar-refractivity contribution in [3.05, 3.63) is 29.6 Å². The predicted octanol–water partition coefficient (Wildman–Crippen LogP) is 0.138. The zero-order valence-electron chi connectivity index (χ0n) is 15.5. The molecule has 1 fully saturated rings. The van der Waals surface area contributed by atoms with Crippen molar-refractivity contribution in [1.29, 1.82) is 0 Å². The van der Waals surface area contributed by atoms with Crippen LogP contribution in [0.1, 0.15) is 24.2 Å². The Morgan fingerprint density at radius 1 is 1.18 bits per heavy atom. The Balaban J connectivity index is 1.20. The van der Waals surface area contributed by atoms with Crippen molar-refractivity contribution in [2.24, 2.45) is 0 Å². The topological polar surface area (TPSA) is 124 Å². The van der Waals surface area contributed by atoms with Crippen LogP contribution < -0.4 is 5.32 Å². The van der Waals surface area contributed by atoms with Crippen molar-refractivity contribution >= 4 is 16.9 Å². The van der Waals surface area contributed by atoms with Crippen molar-refractivity contribution in [2.45, 2.75) is 32.5 Å². The first-order valence-corrected chi connectivity index (χ1v) is 9.31. The molecular weight excluding hydrogens is 364 g/mol. The average Bonchev–Trinajstić information content (AvgIpc) is 3.36. The molecule has 11 heteroatoms. The molecule has 1 N–H and O–H groups in total. The number of hydrogen-bond acceptors (Lipinski definition) is 9. The van der Waals surface area contributed by atoms with Gasteiger partial charge in [0.15, 0.2) is 5.82 Å². The fraction of sp³-hybridized carbons (Fsp3) is 0.529. The summed E-state index contributed by atoms with van der Waals surface area (Å²) < 4.78 is 11.8. The zero-order chi connectivity index (χ0) is 19.2. The molecule has 0 radical (unpaired) electrons. The van der Waals surface area contributed by atoms with Gasteiger partial charge in [0, 0.05) is 32.6 Å². The lowest BCUT2D eigenvalue weighted by molar-refractivity contribution is -0.121. The predicted molar refractivity (Wildman–Crippen MR) is 96.8 cm³/mol. The summed E-state index contributed by atoms with van der Waals surface area (Å²) in [6.45, 7) is 4.98. The van der Waals surface area contributed by atoms with E-state index in [1.807, 2.05) is 18.2 Å². The minimum atomic E-state index is -0.0128. The Morgan fingerprint density at radius 3 is 2.93 bits per heavy atom. The standard InChI is InChI=1S/C17H22N8O3/c26-17(18-11-13-3-4-14-15(10-13)21-28-20-14)2-1-5-25-16(19-22-23-25)12-24-6-8-27-9-7-24/h3-4,10H,1-2,5-9,11-12H2,(H,18,26). The number of benzene rings is 1. The molecule has 3 heterocycles. The molecule has 1 aliphatic heterocycles. The van der Waals surface area contributed by atoms with Crippen LogP contribution in [-0.2, 0) is 29.2 Å². The minimum Gasteiger partial charge on any atom is -0.379 e. The monoisotopic (exact) mass is 386 g/mol. The number of ether oxygens (including phenoxy) is 1. The summed E-state index contributed by atoms with van der Waals surface area (Å²) in [5.74, 6) is 0.804. The molecule has 1 saturated heterocycles. The van der Waals surface area contributed by atoms with Gasteiger partial charge in [0.25, 0.3) is 0 Å². The average molecular weight is 386 g/mol. The van der Waals surface area contributed by atoms with Crippen molar-refractivity contribution in [2.75, 3.05) is 26.3 Å². The van der Waals surface area contributed by atoms with Gasteiger partial charge in [0.05, 0.1) is 19.8 Å². The number of morpholine rings is 1. The second-order valence-corrected chi connectivity index (χ2v) is 6.67. The summed E-state index contributed by atoms with van der Waals surface area (Å²) in [7, 11) is 0. The van der Waals surface area contributed by atoms with Crippen molar-refractivity contribution < 1.29 is 14.2 Å². The molecule has 2 aromatic heterocycles. The number of carbonyl (C=O) groups excluding carboxylic acids is 1. The van der Waals surface area contributed by atoms with Gasteiger partial charge in [0.2, 0.25) is 5.91 Å². The van der Waals surface area contributed by atoms with Crippen LogP contribution in [0.15, 0.2) is 22.8 Å². The maximum Gasteiger partial charge on any atom is 0.220 e. The maximum atomic E-state index is 12.1. The van der Waals surface area contributed by atoms with Gasteiger partial charge in [-0.2, -0.15) is 0 Å². The molecule has 0 bridgehead atoms. The normalized spacial score (nSPS) is 15.1. The lowest BCUT2D eigenvalue weighted by Crippen LogP contribution is -2.36. The molecule has 0 spiro atoms. The lowest BCUT2D eigenvalue weighted by atomic mass is 10.2. The van der Waals surface area contributed by atoms with Crippen LogP contribution >= 0.6 is 0 Å². The van der Waals surface area contributed by atoms with E-state index < -0.39 is 0 Å². The van der Waals surface area contributed by atoms with Crippen molar-refractivity contribution in [3.63, 3.8) is 0 Å². The smallest absolute Gasteiger partial charge is 0.220 e. The molecule has 1 aromatic carbocycles. The molecule has 0 unspecified atom stereocenters. The quantitative estimate of drug-likeness (QED) is 0.575. The summed E-state index contributed by atoms with van der Waals surface area (Å²) in [6.07, 6.45) is 1.07. The van der Waals surface area contributed by atoms with Crippen LogP contribution in [0.2, 0.25) is 0 Å². The van der Waals surface area contributed by atoms with E-state index in [1.165, 1.54) is 0 Å². The van der Waals surface area contributed by atoms with Crippen LogP contribution in [0.25, 0.3) is 11.0 Å². The number of aromatic nitrogens is 6. The highest BCUT2D eigenvalue weighted by molar-refractivity contribution is 5.76. The van der Waals surface area contributed by atoms with E-state index in [4.69, 9.17) is 4.74 Å². The number of nitrogens with zero attached hydrogens (tertiary/aromatic N) is 7. The highest BCUT2D eigenvalue weighted by Gasteiger charge is 2.15. The van der Waals surface area contributed by atoms with Crippen LogP contribution in [0.5, 0.6) is 0 Å². The number of rotatable bonds is 8. The maximum absolute atomic E-state index is 12.1. The Labute approximate surface area is 161 Å². The first-order chi connectivity index (χ1) is 13.8. The third-order valence-electron chi connectivity index (χ3n) is 4.66. The molecule has 0 atom stereocenters. The number of nitrogens with one attached hydrogen (secondary N) is 1. The van der Waals surface area contributed by atoms with Gasteiger partial charge < -0.3 is 10.1 Å². The first kappa shape index (κ1) is 18.4. The Bertz CT molecular complexity index is 918. The molecule has 11 nitrogen and oxygen atoms in total. The number of hydrogen-bond donors (Lipinski definition) is 1. The van der Waals surface area contributed by atoms with E-state index in [0.717, 1.165) is 37.7 Å². The van der Waals surface area contributed by atoms with E-state index in [1.54, 1.807) is 4.68 Å². The number of carbonyl (C=O) groups is 1. The highest BCUT2D eigenvalue weighted by atomic mass is 16.6. The molecular formula is C17H22N8O3. The van der Waals surface area contributed by atoms with Gasteiger partial charge in [-0.3, -0.25) is 9.69 Å². The summed E-state index contributed by atoms with van der Waals surface area (Å²) in [5, 5.41) is 22.4. The number of fused-ring (bicyclic) bond motifs is 1. The largest absolute Gasteiger partial charge is 0.379 e. The Morgan fingerprint density at radius 2 is 2.04 bits per heavy atom. The van der Waals surface area contributed by atoms with Gasteiger partial charge in [0.1, 0.15) is 11.0 Å². The second kappa shape index (κ2) is 8.85. The first-order valence-electron chi connectivity index (χ1n) is 9.31. The number of aryl methyl sites for hydroxylation is 1. The van der Waals surface area contributed by atoms with Gasteiger partial charge >= 0.3 is 0 Å². The zero-order valence-corrected chi connectivity index (χ0v) is 15.5. The number of tetrazole rings is 1. The van der Waals surface area contributed by atoms with E-state index in [0.29, 0.717) is 43.5 Å². The van der Waals surface area contributed by atoms with Gasteiger partial charge in [-0.15, -0.1) is 5.10 Å². The molecule has 1 amide bonds. The van der Waals surface area contributed by atoms with Crippen LogP contribution in [0, 0.1) is 0 Å². The summed E-state index contributed by atoms with van der Waals surface area (Å²) >= 11 is 0. The highest BCUT2D eigenvalue weighted by Crippen LogP contribution is 2.11. The lowest BCUT2D eigenvalue weighted by Gasteiger charge is -2.25. The van der Waals surface area contributed by atoms with E-state index in [-0.39, 0.29) is 5.91 Å². The molecule has 3 aromatic rings. The molecule has 1 aliphatic rings. The summed E-state index contributed by atoms with van der Waals surface area (Å²) in [5.41, 5.74) is 2.33. The SMILES string of the molecule is O=C(CCCn1nnnc1CN1CCOCC1)NCc1ccc2nonc2c1. The van der Waals surface area contributed by atoms with Gasteiger partial charge in [-0.25, -0.2) is 9.31 Å². The molecule has 0 saturated carbocycles. The minimum absolute atomic E-state index is 0.0128. The summed E-state index contributed by atoms with van der Waals surface area (Å²) in [6, 6.07) is 5.57.